The summed E-state index contributed by atoms with van der Waals surface area (Å²) in [5.41, 5.74) is 0.677. The predicted octanol–water partition coefficient (Wildman–Crippen LogP) is 1.62. The molecule has 0 aliphatic heterocycles. The molecule has 1 aliphatic rings. The van der Waals surface area contributed by atoms with Crippen molar-refractivity contribution >= 4 is 11.8 Å². The Labute approximate surface area is 98.8 Å². The van der Waals surface area contributed by atoms with Gasteiger partial charge in [-0.1, -0.05) is 0 Å². The molecular weight excluding hydrogens is 218 g/mol. The molecule has 1 atom stereocenters. The van der Waals surface area contributed by atoms with Crippen LogP contribution < -0.4 is 0 Å². The molecule has 4 nitrogen and oxygen atoms in total. The lowest BCUT2D eigenvalue weighted by molar-refractivity contribution is -0.150. The highest BCUT2D eigenvalue weighted by molar-refractivity contribution is 6.07. The number of esters is 1. The van der Waals surface area contributed by atoms with E-state index in [0.717, 1.165) is 5.56 Å². The Morgan fingerprint density at radius 2 is 2.24 bits per heavy atom. The van der Waals surface area contributed by atoms with Crippen LogP contribution in [-0.4, -0.2) is 17.4 Å². The summed E-state index contributed by atoms with van der Waals surface area (Å²) in [5.74, 6) is -0.679. The molecule has 0 fully saturated rings. The molecule has 0 heterocycles. The van der Waals surface area contributed by atoms with Crippen LogP contribution in [0.3, 0.4) is 0 Å². The van der Waals surface area contributed by atoms with Gasteiger partial charge in [0.05, 0.1) is 11.6 Å². The summed E-state index contributed by atoms with van der Waals surface area (Å²) in [6.45, 7) is 2.88. The van der Waals surface area contributed by atoms with Crippen molar-refractivity contribution in [3.63, 3.8) is 0 Å². The Morgan fingerprint density at radius 3 is 2.82 bits per heavy atom. The van der Waals surface area contributed by atoms with Crippen LogP contribution in [0.5, 0.6) is 0 Å². The molecule has 1 aliphatic carbocycles. The number of ether oxygens (including phenoxy) is 1. The number of benzene rings is 1. The number of fused-ring (bicyclic) bond motifs is 1. The third-order valence-corrected chi connectivity index (χ3v) is 2.86. The fraction of sp³-hybridized carbons (Fsp3) is 0.308. The molecule has 0 saturated heterocycles. The number of nitrogens with zero attached hydrogens (tertiary/aromatic N) is 1. The molecule has 2 rings (SSSR count). The van der Waals surface area contributed by atoms with Crippen LogP contribution in [0.2, 0.25) is 0 Å². The van der Waals surface area contributed by atoms with Gasteiger partial charge in [-0.2, -0.15) is 5.26 Å². The van der Waals surface area contributed by atoms with Gasteiger partial charge in [-0.3, -0.25) is 9.59 Å². The monoisotopic (exact) mass is 229 g/mol. The molecule has 0 bridgehead atoms. The van der Waals surface area contributed by atoms with E-state index in [1.807, 2.05) is 6.07 Å². The largest absolute Gasteiger partial charge is 0.451 e. The lowest BCUT2D eigenvalue weighted by Gasteiger charge is -2.21. The van der Waals surface area contributed by atoms with E-state index >= 15 is 0 Å². The van der Waals surface area contributed by atoms with Crippen molar-refractivity contribution in [3.8, 4) is 6.07 Å². The number of hydrogen-bond donors (Lipinski definition) is 0. The molecule has 1 aromatic carbocycles. The van der Waals surface area contributed by atoms with Gasteiger partial charge in [-0.15, -0.1) is 0 Å². The van der Waals surface area contributed by atoms with Gasteiger partial charge >= 0.3 is 5.97 Å². The number of carbonyl (C=O) groups excluding carboxylic acids is 2. The van der Waals surface area contributed by atoms with Gasteiger partial charge in [0, 0.05) is 18.9 Å². The highest BCUT2D eigenvalue weighted by atomic mass is 16.6. The minimum absolute atomic E-state index is 0.202. The molecule has 86 valence electrons. The van der Waals surface area contributed by atoms with Gasteiger partial charge in [0.25, 0.3) is 0 Å². The van der Waals surface area contributed by atoms with E-state index in [9.17, 15) is 9.59 Å². The van der Waals surface area contributed by atoms with Gasteiger partial charge in [-0.05, 0) is 30.7 Å². The maximum Gasteiger partial charge on any atom is 0.303 e. The van der Waals surface area contributed by atoms with Gasteiger partial charge in [0.2, 0.25) is 5.78 Å². The van der Waals surface area contributed by atoms with E-state index in [2.05, 4.69) is 0 Å². The summed E-state index contributed by atoms with van der Waals surface area (Å²) in [4.78, 5) is 23.1. The van der Waals surface area contributed by atoms with Crippen molar-refractivity contribution < 1.29 is 14.3 Å². The molecule has 0 N–H and O–H groups in total. The Kier molecular flexibility index (Phi) is 2.47. The molecule has 1 aromatic rings. The normalized spacial score (nSPS) is 21.8. The van der Waals surface area contributed by atoms with Crippen LogP contribution in [-0.2, 0) is 16.0 Å². The zero-order chi connectivity index (χ0) is 12.6. The topological polar surface area (TPSA) is 67.2 Å². The van der Waals surface area contributed by atoms with E-state index in [4.69, 9.17) is 10.00 Å². The number of Topliss-reactive ketones (excluding diaryl/α,β-unsaturated/α-hetero) is 1. The Morgan fingerprint density at radius 1 is 1.53 bits per heavy atom. The number of nitriles is 1. The minimum atomic E-state index is -1.12. The third kappa shape index (κ3) is 1.80. The molecule has 0 amide bonds. The third-order valence-electron chi connectivity index (χ3n) is 2.86. The van der Waals surface area contributed by atoms with Crippen LogP contribution in [0, 0.1) is 11.3 Å². The van der Waals surface area contributed by atoms with Crippen molar-refractivity contribution in [2.45, 2.75) is 25.9 Å². The van der Waals surface area contributed by atoms with E-state index in [-0.39, 0.29) is 5.78 Å². The van der Waals surface area contributed by atoms with Crippen LogP contribution in [0.4, 0.5) is 0 Å². The van der Waals surface area contributed by atoms with Crippen molar-refractivity contribution in [2.75, 3.05) is 0 Å². The molecule has 0 radical (unpaired) electrons. The molecular formula is C13H11NO3. The zero-order valence-corrected chi connectivity index (χ0v) is 9.61. The maximum atomic E-state index is 12.1. The minimum Gasteiger partial charge on any atom is -0.451 e. The van der Waals surface area contributed by atoms with E-state index in [0.29, 0.717) is 17.5 Å². The van der Waals surface area contributed by atoms with E-state index in [1.165, 1.54) is 6.92 Å². The fourth-order valence-electron chi connectivity index (χ4n) is 2.16. The summed E-state index contributed by atoms with van der Waals surface area (Å²) in [6, 6.07) is 6.90. The first-order valence-electron chi connectivity index (χ1n) is 5.24. The molecule has 4 heteroatoms. The molecule has 1 unspecified atom stereocenters. The second kappa shape index (κ2) is 3.70. The molecule has 17 heavy (non-hydrogen) atoms. The standard InChI is InChI=1S/C13H11NO3/c1-8(15)17-13(2)6-10-5-9(7-14)3-4-11(10)12(13)16/h3-5H,6H2,1-2H3. The van der Waals surface area contributed by atoms with Gasteiger partial charge in [0.1, 0.15) is 0 Å². The molecule has 0 spiro atoms. The number of rotatable bonds is 1. The Bertz CT molecular complexity index is 556. The SMILES string of the molecule is CC(=O)OC1(C)Cc2cc(C#N)ccc2C1=O. The summed E-state index contributed by atoms with van der Waals surface area (Å²) >= 11 is 0. The van der Waals surface area contributed by atoms with Gasteiger partial charge < -0.3 is 4.74 Å². The number of hydrogen-bond acceptors (Lipinski definition) is 4. The average molecular weight is 229 g/mol. The molecule has 0 aromatic heterocycles. The van der Waals surface area contributed by atoms with Crippen LogP contribution in [0.15, 0.2) is 18.2 Å². The zero-order valence-electron chi connectivity index (χ0n) is 9.61. The summed E-state index contributed by atoms with van der Waals surface area (Å²) < 4.78 is 5.10. The van der Waals surface area contributed by atoms with Crippen molar-refractivity contribution in [1.82, 2.24) is 0 Å². The first-order chi connectivity index (χ1) is 7.96. The van der Waals surface area contributed by atoms with Crippen LogP contribution >= 0.6 is 0 Å². The first-order valence-corrected chi connectivity index (χ1v) is 5.24. The molecule has 0 saturated carbocycles. The number of ketones is 1. The van der Waals surface area contributed by atoms with E-state index < -0.39 is 11.6 Å². The Balaban J connectivity index is 2.42. The maximum absolute atomic E-state index is 12.1. The van der Waals surface area contributed by atoms with Gasteiger partial charge in [-0.25, -0.2) is 0 Å². The predicted molar refractivity (Wildman–Crippen MR) is 59.4 cm³/mol. The second-order valence-corrected chi connectivity index (χ2v) is 4.31. The lowest BCUT2D eigenvalue weighted by atomic mass is 10.0. The van der Waals surface area contributed by atoms with Crippen LogP contribution in [0.25, 0.3) is 0 Å². The van der Waals surface area contributed by atoms with Crippen molar-refractivity contribution in [2.24, 2.45) is 0 Å². The van der Waals surface area contributed by atoms with Crippen molar-refractivity contribution in [1.29, 1.82) is 5.26 Å². The highest BCUT2D eigenvalue weighted by Gasteiger charge is 2.44. The smallest absolute Gasteiger partial charge is 0.303 e. The average Bonchev–Trinajstić information content (AvgIpc) is 2.49. The van der Waals surface area contributed by atoms with Crippen molar-refractivity contribution in [3.05, 3.63) is 34.9 Å². The summed E-state index contributed by atoms with van der Waals surface area (Å²) in [6.07, 6.45) is 0.330. The number of carbonyl (C=O) groups is 2. The summed E-state index contributed by atoms with van der Waals surface area (Å²) in [5, 5.41) is 8.79. The quantitative estimate of drug-likeness (QED) is 0.686. The first kappa shape index (κ1) is 11.3. The van der Waals surface area contributed by atoms with Crippen LogP contribution in [0.1, 0.15) is 35.3 Å². The lowest BCUT2D eigenvalue weighted by Crippen LogP contribution is -2.37. The fourth-order valence-corrected chi connectivity index (χ4v) is 2.16. The highest BCUT2D eigenvalue weighted by Crippen LogP contribution is 2.33. The van der Waals surface area contributed by atoms with Gasteiger partial charge in [0.15, 0.2) is 5.60 Å². The Hall–Kier alpha value is -2.15. The second-order valence-electron chi connectivity index (χ2n) is 4.31. The van der Waals surface area contributed by atoms with E-state index in [1.54, 1.807) is 25.1 Å². The summed E-state index contributed by atoms with van der Waals surface area (Å²) in [7, 11) is 0.